The Hall–Kier alpha value is -0.690. The van der Waals surface area contributed by atoms with Gasteiger partial charge in [-0.2, -0.15) is 0 Å². The highest BCUT2D eigenvalue weighted by Gasteiger charge is 1.92. The van der Waals surface area contributed by atoms with Crippen LogP contribution in [0.15, 0.2) is 41.3 Å². The molecular weight excluding hydrogens is 176 g/mol. The van der Waals surface area contributed by atoms with E-state index in [1.807, 2.05) is 11.8 Å². The summed E-state index contributed by atoms with van der Waals surface area (Å²) in [5.74, 6) is 1.16. The van der Waals surface area contributed by atoms with Gasteiger partial charge in [-0.25, -0.2) is 0 Å². The first-order valence-electron chi connectivity index (χ1n) is 4.64. The number of allylic oxidation sites excluding steroid dienone is 1. The second kappa shape index (κ2) is 5.87. The summed E-state index contributed by atoms with van der Waals surface area (Å²) in [6.45, 7) is 4.37. The van der Waals surface area contributed by atoms with Crippen molar-refractivity contribution in [3.63, 3.8) is 0 Å². The molecule has 1 heteroatoms. The van der Waals surface area contributed by atoms with Gasteiger partial charge in [0.1, 0.15) is 0 Å². The molecule has 0 unspecified atom stereocenters. The Bertz CT molecular complexity index is 262. The summed E-state index contributed by atoms with van der Waals surface area (Å²) >= 11 is 1.87. The molecule has 0 bridgehead atoms. The van der Waals surface area contributed by atoms with Crippen molar-refractivity contribution >= 4 is 11.8 Å². The minimum absolute atomic E-state index is 1.08. The fourth-order valence-electron chi connectivity index (χ4n) is 1.19. The second-order valence-electron chi connectivity index (χ2n) is 3.08. The van der Waals surface area contributed by atoms with E-state index in [4.69, 9.17) is 0 Å². The molecule has 0 saturated carbocycles. The Morgan fingerprint density at radius 1 is 1.31 bits per heavy atom. The van der Waals surface area contributed by atoms with Crippen LogP contribution in [0.3, 0.4) is 0 Å². The van der Waals surface area contributed by atoms with Gasteiger partial charge < -0.3 is 0 Å². The number of hydrogen-bond donors (Lipinski definition) is 0. The fraction of sp³-hybridized carbons (Fsp3) is 0.333. The monoisotopic (exact) mass is 192 g/mol. The van der Waals surface area contributed by atoms with Crippen LogP contribution < -0.4 is 0 Å². The lowest BCUT2D eigenvalue weighted by atomic mass is 10.1. The Morgan fingerprint density at radius 3 is 2.62 bits per heavy atom. The largest absolute Gasteiger partial charge is 0.134 e. The molecular formula is C12H16S. The van der Waals surface area contributed by atoms with Gasteiger partial charge in [0.05, 0.1) is 0 Å². The van der Waals surface area contributed by atoms with Gasteiger partial charge in [0.2, 0.25) is 0 Å². The van der Waals surface area contributed by atoms with E-state index in [1.165, 1.54) is 11.1 Å². The highest BCUT2D eigenvalue weighted by molar-refractivity contribution is 8.02. The van der Waals surface area contributed by atoms with E-state index in [2.05, 4.69) is 49.6 Å². The van der Waals surface area contributed by atoms with Gasteiger partial charge in [0.25, 0.3) is 0 Å². The molecule has 0 aliphatic rings. The third-order valence-electron chi connectivity index (χ3n) is 1.78. The fourth-order valence-corrected chi connectivity index (χ4v) is 1.72. The van der Waals surface area contributed by atoms with Gasteiger partial charge in [-0.1, -0.05) is 42.8 Å². The molecule has 0 aliphatic heterocycles. The van der Waals surface area contributed by atoms with Crippen LogP contribution in [0.2, 0.25) is 0 Å². The zero-order chi connectivity index (χ0) is 9.52. The minimum Gasteiger partial charge on any atom is -0.134 e. The van der Waals surface area contributed by atoms with E-state index in [9.17, 15) is 0 Å². The quantitative estimate of drug-likeness (QED) is 0.697. The predicted molar refractivity (Wildman–Crippen MR) is 62.0 cm³/mol. The Balaban J connectivity index is 2.50. The summed E-state index contributed by atoms with van der Waals surface area (Å²) in [4.78, 5) is 0. The summed E-state index contributed by atoms with van der Waals surface area (Å²) in [6.07, 6.45) is 1.08. The maximum absolute atomic E-state index is 2.26. The van der Waals surface area contributed by atoms with Crippen molar-refractivity contribution in [2.24, 2.45) is 0 Å². The normalized spacial score (nSPS) is 11.7. The lowest BCUT2D eigenvalue weighted by Crippen LogP contribution is -1.84. The smallest absolute Gasteiger partial charge is 0.00545 e. The van der Waals surface area contributed by atoms with Crippen LogP contribution in [-0.4, -0.2) is 5.75 Å². The van der Waals surface area contributed by atoms with Crippen molar-refractivity contribution in [2.75, 3.05) is 5.75 Å². The van der Waals surface area contributed by atoms with Crippen LogP contribution in [0.25, 0.3) is 0 Å². The van der Waals surface area contributed by atoms with Gasteiger partial charge in [-0.3, -0.25) is 0 Å². The first-order valence-corrected chi connectivity index (χ1v) is 5.69. The number of benzene rings is 1. The highest BCUT2D eigenvalue weighted by atomic mass is 32.2. The lowest BCUT2D eigenvalue weighted by Gasteiger charge is -2.00. The van der Waals surface area contributed by atoms with Gasteiger partial charge in [-0.05, 0) is 30.1 Å². The molecule has 0 fully saturated rings. The van der Waals surface area contributed by atoms with Gasteiger partial charge in [0.15, 0.2) is 0 Å². The van der Waals surface area contributed by atoms with Crippen LogP contribution in [0, 0.1) is 0 Å². The second-order valence-corrected chi connectivity index (χ2v) is 4.23. The summed E-state index contributed by atoms with van der Waals surface area (Å²) < 4.78 is 0. The number of thioether (sulfide) groups is 1. The topological polar surface area (TPSA) is 0 Å². The predicted octanol–water partition coefficient (Wildman–Crippen LogP) is 3.89. The maximum atomic E-state index is 2.26. The molecule has 1 aromatic carbocycles. The molecule has 0 aromatic heterocycles. The molecule has 0 saturated heterocycles. The molecule has 0 aliphatic carbocycles. The SMILES string of the molecule is CCS/C=C(\C)Cc1ccccc1. The Kier molecular flexibility index (Phi) is 4.69. The van der Waals surface area contributed by atoms with Gasteiger partial charge >= 0.3 is 0 Å². The molecule has 1 rings (SSSR count). The van der Waals surface area contributed by atoms with Crippen LogP contribution in [0.4, 0.5) is 0 Å². The van der Waals surface area contributed by atoms with Crippen molar-refractivity contribution in [1.29, 1.82) is 0 Å². The van der Waals surface area contributed by atoms with Crippen LogP contribution >= 0.6 is 11.8 Å². The molecule has 0 spiro atoms. The van der Waals surface area contributed by atoms with Gasteiger partial charge in [-0.15, -0.1) is 11.8 Å². The van der Waals surface area contributed by atoms with E-state index < -0.39 is 0 Å². The first-order chi connectivity index (χ1) is 6.33. The molecule has 0 atom stereocenters. The molecule has 0 N–H and O–H groups in total. The average Bonchev–Trinajstić information content (AvgIpc) is 2.16. The molecule has 13 heavy (non-hydrogen) atoms. The molecule has 0 nitrogen and oxygen atoms in total. The van der Waals surface area contributed by atoms with Gasteiger partial charge in [0, 0.05) is 0 Å². The number of rotatable bonds is 4. The van der Waals surface area contributed by atoms with Crippen LogP contribution in [0.1, 0.15) is 19.4 Å². The molecule has 0 heterocycles. The van der Waals surface area contributed by atoms with Crippen molar-refractivity contribution in [3.8, 4) is 0 Å². The molecule has 0 amide bonds. The Morgan fingerprint density at radius 2 is 2.00 bits per heavy atom. The van der Waals surface area contributed by atoms with E-state index in [1.54, 1.807) is 0 Å². The lowest BCUT2D eigenvalue weighted by molar-refractivity contribution is 1.15. The van der Waals surface area contributed by atoms with E-state index in [0.717, 1.165) is 12.2 Å². The van der Waals surface area contributed by atoms with E-state index in [-0.39, 0.29) is 0 Å². The summed E-state index contributed by atoms with van der Waals surface area (Å²) in [6, 6.07) is 10.6. The van der Waals surface area contributed by atoms with Crippen LogP contribution in [-0.2, 0) is 6.42 Å². The van der Waals surface area contributed by atoms with Crippen molar-refractivity contribution in [3.05, 3.63) is 46.9 Å². The van der Waals surface area contributed by atoms with Crippen molar-refractivity contribution in [1.82, 2.24) is 0 Å². The summed E-state index contributed by atoms with van der Waals surface area (Å²) in [7, 11) is 0. The molecule has 0 radical (unpaired) electrons. The van der Waals surface area contributed by atoms with E-state index >= 15 is 0 Å². The number of hydrogen-bond acceptors (Lipinski definition) is 1. The van der Waals surface area contributed by atoms with E-state index in [0.29, 0.717) is 0 Å². The van der Waals surface area contributed by atoms with Crippen molar-refractivity contribution < 1.29 is 0 Å². The molecule has 70 valence electrons. The first kappa shape index (κ1) is 10.4. The minimum atomic E-state index is 1.08. The summed E-state index contributed by atoms with van der Waals surface area (Å²) in [5, 5.41) is 2.26. The summed E-state index contributed by atoms with van der Waals surface area (Å²) in [5.41, 5.74) is 2.84. The third-order valence-corrected chi connectivity index (χ3v) is 2.68. The molecule has 1 aromatic rings. The van der Waals surface area contributed by atoms with Crippen molar-refractivity contribution in [2.45, 2.75) is 20.3 Å². The average molecular weight is 192 g/mol. The van der Waals surface area contributed by atoms with Crippen LogP contribution in [0.5, 0.6) is 0 Å². The maximum Gasteiger partial charge on any atom is -0.00545 e. The zero-order valence-electron chi connectivity index (χ0n) is 8.29. The zero-order valence-corrected chi connectivity index (χ0v) is 9.10. The third kappa shape index (κ3) is 4.18. The standard InChI is InChI=1S/C12H16S/c1-3-13-10-11(2)9-12-7-5-4-6-8-12/h4-8,10H,3,9H2,1-2H3/b11-10+. The highest BCUT2D eigenvalue weighted by Crippen LogP contribution is 2.11. The Labute approximate surface area is 85.1 Å².